The third-order valence-electron chi connectivity index (χ3n) is 13.1. The first-order chi connectivity index (χ1) is 32.2. The summed E-state index contributed by atoms with van der Waals surface area (Å²) in [6.07, 6.45) is 0. The number of fused-ring (bicyclic) bond motifs is 9. The van der Waals surface area contributed by atoms with Crippen molar-refractivity contribution in [3.63, 3.8) is 0 Å². The maximum atomic E-state index is 6.64. The fourth-order valence-electron chi connectivity index (χ4n) is 10.1. The molecule has 0 aliphatic carbocycles. The zero-order valence-corrected chi connectivity index (χ0v) is 35.3. The van der Waals surface area contributed by atoms with E-state index >= 15 is 0 Å². The molecule has 0 unspecified atom stereocenters. The van der Waals surface area contributed by atoms with E-state index in [9.17, 15) is 0 Å². The van der Waals surface area contributed by atoms with Crippen LogP contribution in [-0.4, -0.2) is 0 Å². The van der Waals surface area contributed by atoms with Crippen LogP contribution in [0.4, 0.5) is 17.1 Å². The molecule has 3 heteroatoms. The van der Waals surface area contributed by atoms with Crippen LogP contribution in [0, 0.1) is 0 Å². The molecule has 0 saturated heterocycles. The van der Waals surface area contributed by atoms with Crippen molar-refractivity contribution in [2.24, 2.45) is 0 Å². The van der Waals surface area contributed by atoms with Gasteiger partial charge in [0.05, 0.1) is 5.69 Å². The van der Waals surface area contributed by atoms with E-state index in [1.807, 2.05) is 12.1 Å². The quantitative estimate of drug-likeness (QED) is 0.150. The second kappa shape index (κ2) is 15.0. The average molecular weight is 830 g/mol. The van der Waals surface area contributed by atoms with Gasteiger partial charge in [0.15, 0.2) is 0 Å². The zero-order valence-electron chi connectivity index (χ0n) is 35.3. The highest BCUT2D eigenvalue weighted by molar-refractivity contribution is 6.18. The van der Waals surface area contributed by atoms with Gasteiger partial charge in [-0.3, -0.25) is 0 Å². The van der Waals surface area contributed by atoms with E-state index in [-0.39, 0.29) is 0 Å². The molecule has 0 aliphatic heterocycles. The molecule has 11 aromatic carbocycles. The largest absolute Gasteiger partial charge is 0.455 e. The number of benzene rings is 11. The lowest BCUT2D eigenvalue weighted by Gasteiger charge is -2.27. The van der Waals surface area contributed by atoms with E-state index in [0.717, 1.165) is 105 Å². The number of anilines is 3. The molecule has 0 spiro atoms. The minimum absolute atomic E-state index is 0.885. The van der Waals surface area contributed by atoms with Crippen molar-refractivity contribution >= 4 is 82.5 Å². The molecule has 304 valence electrons. The van der Waals surface area contributed by atoms with Crippen LogP contribution in [-0.2, 0) is 0 Å². The van der Waals surface area contributed by atoms with Crippen molar-refractivity contribution in [1.29, 1.82) is 0 Å². The molecule has 0 aliphatic rings. The average Bonchev–Trinajstić information content (AvgIpc) is 3.97. The van der Waals surface area contributed by atoms with Crippen molar-refractivity contribution in [3.8, 4) is 44.5 Å². The fraction of sp³-hybridized carbons (Fsp3) is 0. The molecule has 2 heterocycles. The number of hydrogen-bond donors (Lipinski definition) is 0. The van der Waals surface area contributed by atoms with Gasteiger partial charge >= 0.3 is 0 Å². The molecule has 13 aromatic rings. The van der Waals surface area contributed by atoms with Crippen LogP contribution in [0.1, 0.15) is 0 Å². The predicted octanol–water partition coefficient (Wildman–Crippen LogP) is 17.9. The van der Waals surface area contributed by atoms with Gasteiger partial charge in [-0.15, -0.1) is 0 Å². The fourth-order valence-corrected chi connectivity index (χ4v) is 10.1. The van der Waals surface area contributed by atoms with E-state index in [4.69, 9.17) is 8.83 Å². The number of furan rings is 2. The minimum Gasteiger partial charge on any atom is -0.455 e. The van der Waals surface area contributed by atoms with Gasteiger partial charge in [0.1, 0.15) is 22.3 Å². The third-order valence-corrected chi connectivity index (χ3v) is 13.1. The summed E-state index contributed by atoms with van der Waals surface area (Å²) in [5, 5.41) is 9.34. The summed E-state index contributed by atoms with van der Waals surface area (Å²) >= 11 is 0. The highest BCUT2D eigenvalue weighted by Gasteiger charge is 2.21. The number of para-hydroxylation sites is 2. The summed E-state index contributed by atoms with van der Waals surface area (Å²) in [4.78, 5) is 2.40. The Labute approximate surface area is 375 Å². The Balaban J connectivity index is 0.965. The van der Waals surface area contributed by atoms with Crippen molar-refractivity contribution in [2.75, 3.05) is 4.90 Å². The maximum Gasteiger partial charge on any atom is 0.143 e. The summed E-state index contributed by atoms with van der Waals surface area (Å²) in [5.74, 6) is 0. The number of nitrogens with zero attached hydrogens (tertiary/aromatic N) is 1. The second-order valence-corrected chi connectivity index (χ2v) is 16.7. The smallest absolute Gasteiger partial charge is 0.143 e. The molecule has 0 radical (unpaired) electrons. The van der Waals surface area contributed by atoms with Gasteiger partial charge in [-0.05, 0) is 104 Å². The molecule has 0 amide bonds. The van der Waals surface area contributed by atoms with Gasteiger partial charge in [0, 0.05) is 49.4 Å². The molecule has 3 nitrogen and oxygen atoms in total. The molecule has 2 aromatic heterocycles. The van der Waals surface area contributed by atoms with Crippen LogP contribution in [0.15, 0.2) is 245 Å². The van der Waals surface area contributed by atoms with Crippen molar-refractivity contribution in [2.45, 2.75) is 0 Å². The number of hydrogen-bond acceptors (Lipinski definition) is 3. The molecule has 65 heavy (non-hydrogen) atoms. The molecule has 0 fully saturated rings. The van der Waals surface area contributed by atoms with Crippen LogP contribution in [0.3, 0.4) is 0 Å². The van der Waals surface area contributed by atoms with Crippen LogP contribution >= 0.6 is 0 Å². The molecular weight excluding hydrogens is 791 g/mol. The Hall–Kier alpha value is -8.66. The molecule has 0 atom stereocenters. The van der Waals surface area contributed by atoms with Gasteiger partial charge in [-0.1, -0.05) is 182 Å². The van der Waals surface area contributed by atoms with Gasteiger partial charge in [0.25, 0.3) is 0 Å². The van der Waals surface area contributed by atoms with Crippen molar-refractivity contribution < 1.29 is 8.83 Å². The highest BCUT2D eigenvalue weighted by Crippen LogP contribution is 2.46. The van der Waals surface area contributed by atoms with E-state index in [0.29, 0.717) is 0 Å². The van der Waals surface area contributed by atoms with Crippen LogP contribution in [0.5, 0.6) is 0 Å². The zero-order chi connectivity index (χ0) is 42.8. The van der Waals surface area contributed by atoms with E-state index in [1.165, 1.54) is 21.5 Å². The summed E-state index contributed by atoms with van der Waals surface area (Å²) < 4.78 is 13.3. The van der Waals surface area contributed by atoms with Gasteiger partial charge in [0.2, 0.25) is 0 Å². The first-order valence-corrected chi connectivity index (χ1v) is 22.2. The SMILES string of the molecule is c1ccc(-c2ccc(-c3ccc(N(c4ccc(-c5ccc(-c6ccccc6)c6oc7ccccc7c56)cc4)c4cccc5c4ccc4ccccc45)cc3)c3c2oc2ccccc23)cc1. The van der Waals surface area contributed by atoms with Crippen molar-refractivity contribution in [1.82, 2.24) is 0 Å². The minimum atomic E-state index is 0.885. The predicted molar refractivity (Wildman–Crippen MR) is 272 cm³/mol. The lowest BCUT2D eigenvalue weighted by molar-refractivity contribution is 0.669. The lowest BCUT2D eigenvalue weighted by Crippen LogP contribution is -2.10. The Kier molecular flexibility index (Phi) is 8.53. The van der Waals surface area contributed by atoms with Crippen LogP contribution in [0.25, 0.3) is 110 Å². The molecular formula is C62H39NO2. The third kappa shape index (κ3) is 6.05. The first-order valence-electron chi connectivity index (χ1n) is 22.2. The van der Waals surface area contributed by atoms with Gasteiger partial charge in [-0.2, -0.15) is 0 Å². The van der Waals surface area contributed by atoms with Crippen molar-refractivity contribution in [3.05, 3.63) is 237 Å². The van der Waals surface area contributed by atoms with Gasteiger partial charge < -0.3 is 13.7 Å². The monoisotopic (exact) mass is 829 g/mol. The molecule has 0 bridgehead atoms. The normalized spacial score (nSPS) is 11.7. The Morgan fingerprint density at radius 1 is 0.262 bits per heavy atom. The Bertz CT molecular complexity index is 3720. The maximum absolute atomic E-state index is 6.64. The van der Waals surface area contributed by atoms with E-state index in [2.05, 4.69) is 229 Å². The Morgan fingerprint density at radius 2 is 0.692 bits per heavy atom. The Morgan fingerprint density at radius 3 is 1.23 bits per heavy atom. The molecule has 0 N–H and O–H groups in total. The van der Waals surface area contributed by atoms with E-state index < -0.39 is 0 Å². The summed E-state index contributed by atoms with van der Waals surface area (Å²) in [6.45, 7) is 0. The first kappa shape index (κ1) is 36.9. The summed E-state index contributed by atoms with van der Waals surface area (Å²) in [5.41, 5.74) is 15.8. The van der Waals surface area contributed by atoms with Crippen LogP contribution < -0.4 is 4.90 Å². The molecule has 0 saturated carbocycles. The van der Waals surface area contributed by atoms with Crippen LogP contribution in [0.2, 0.25) is 0 Å². The lowest BCUT2D eigenvalue weighted by atomic mass is 9.94. The summed E-state index contributed by atoms with van der Waals surface area (Å²) in [6, 6.07) is 84.5. The summed E-state index contributed by atoms with van der Waals surface area (Å²) in [7, 11) is 0. The van der Waals surface area contributed by atoms with E-state index in [1.54, 1.807) is 0 Å². The molecule has 13 rings (SSSR count). The highest BCUT2D eigenvalue weighted by atomic mass is 16.3. The van der Waals surface area contributed by atoms with Gasteiger partial charge in [-0.25, -0.2) is 0 Å². The number of rotatable bonds is 7. The standard InChI is InChI=1S/C62H39NO2/c1-3-14-40(15-4-1)50-38-36-48(59-54-20-9-11-24-57(54)64-61(50)59)43-26-31-45(32-27-43)63(56-23-13-22-52-47-19-8-7-18-42(47)30-35-53(52)56)46-33-28-44(29-34-46)49-37-39-51(41-16-5-2-6-17-41)62-60(49)55-21-10-12-25-58(55)65-62/h1-39H. The topological polar surface area (TPSA) is 29.5 Å². The second-order valence-electron chi connectivity index (χ2n) is 16.7.